The molecule has 0 aromatic carbocycles. The smallest absolute Gasteiger partial charge is 0.102 e. The van der Waals surface area contributed by atoms with Gasteiger partial charge in [0.1, 0.15) is 4.99 Å². The lowest BCUT2D eigenvalue weighted by Gasteiger charge is -1.97. The minimum atomic E-state index is 0.797. The van der Waals surface area contributed by atoms with Gasteiger partial charge in [-0.2, -0.15) is 5.10 Å². The van der Waals surface area contributed by atoms with Crippen molar-refractivity contribution in [2.24, 2.45) is 0 Å². The zero-order valence-corrected chi connectivity index (χ0v) is 7.20. The molecule has 0 aliphatic carbocycles. The molecule has 1 heterocycles. The molecule has 0 bridgehead atoms. The summed E-state index contributed by atoms with van der Waals surface area (Å²) in [6, 6.07) is 2.01. The van der Waals surface area contributed by atoms with E-state index in [4.69, 9.17) is 12.2 Å². The summed E-state index contributed by atoms with van der Waals surface area (Å²) in [5.41, 5.74) is 2.12. The molecule has 0 amide bonds. The van der Waals surface area contributed by atoms with E-state index in [1.54, 1.807) is 4.68 Å². The SMILES string of the molecule is CC(=S)n1nc(C)cc1C. The Hall–Kier alpha value is -0.700. The number of nitrogens with zero attached hydrogens (tertiary/aromatic N) is 2. The van der Waals surface area contributed by atoms with Crippen molar-refractivity contribution >= 4 is 17.2 Å². The van der Waals surface area contributed by atoms with Crippen LogP contribution in [0.2, 0.25) is 0 Å². The van der Waals surface area contributed by atoms with E-state index < -0.39 is 0 Å². The highest BCUT2D eigenvalue weighted by atomic mass is 32.1. The van der Waals surface area contributed by atoms with Crippen LogP contribution in [0.1, 0.15) is 18.3 Å². The van der Waals surface area contributed by atoms with Crippen LogP contribution in [0.25, 0.3) is 0 Å². The molecule has 0 aliphatic rings. The average Bonchev–Trinajstić information content (AvgIpc) is 2.10. The summed E-state index contributed by atoms with van der Waals surface area (Å²) in [5.74, 6) is 0. The van der Waals surface area contributed by atoms with Gasteiger partial charge in [0.2, 0.25) is 0 Å². The Morgan fingerprint density at radius 2 is 2.20 bits per heavy atom. The Balaban J connectivity index is 3.15. The highest BCUT2D eigenvalue weighted by molar-refractivity contribution is 7.80. The average molecular weight is 154 g/mol. The van der Waals surface area contributed by atoms with Gasteiger partial charge in [-0.05, 0) is 26.8 Å². The number of thiocarbonyl (C=S) groups is 1. The molecule has 0 saturated carbocycles. The molecule has 0 N–H and O–H groups in total. The minimum absolute atomic E-state index is 0.797. The Labute approximate surface area is 65.9 Å². The molecule has 10 heavy (non-hydrogen) atoms. The van der Waals surface area contributed by atoms with Gasteiger partial charge in [0.25, 0.3) is 0 Å². The van der Waals surface area contributed by atoms with Gasteiger partial charge in [-0.25, -0.2) is 4.68 Å². The predicted octanol–water partition coefficient (Wildman–Crippen LogP) is 1.70. The molecule has 0 aliphatic heterocycles. The van der Waals surface area contributed by atoms with Crippen molar-refractivity contribution in [2.75, 3.05) is 0 Å². The van der Waals surface area contributed by atoms with E-state index in [1.807, 2.05) is 26.8 Å². The molecule has 1 aromatic rings. The molecule has 3 heteroatoms. The first kappa shape index (κ1) is 7.41. The van der Waals surface area contributed by atoms with Crippen LogP contribution < -0.4 is 0 Å². The van der Waals surface area contributed by atoms with E-state index in [2.05, 4.69) is 5.10 Å². The molecule has 0 radical (unpaired) electrons. The van der Waals surface area contributed by atoms with E-state index in [-0.39, 0.29) is 0 Å². The molecule has 54 valence electrons. The Bertz CT molecular complexity index is 263. The third-order valence-electron chi connectivity index (χ3n) is 1.31. The Morgan fingerprint density at radius 3 is 2.40 bits per heavy atom. The number of rotatable bonds is 0. The van der Waals surface area contributed by atoms with Gasteiger partial charge in [-0.1, -0.05) is 12.2 Å². The monoisotopic (exact) mass is 154 g/mol. The number of hydrogen-bond donors (Lipinski definition) is 0. The maximum absolute atomic E-state index is 4.96. The normalized spacial score (nSPS) is 9.90. The number of hydrogen-bond acceptors (Lipinski definition) is 2. The summed E-state index contributed by atoms with van der Waals surface area (Å²) in [5, 5.41) is 4.19. The van der Waals surface area contributed by atoms with Crippen molar-refractivity contribution in [2.45, 2.75) is 20.8 Å². The largest absolute Gasteiger partial charge is 0.231 e. The second-order valence-electron chi connectivity index (χ2n) is 2.36. The fourth-order valence-electron chi connectivity index (χ4n) is 0.948. The van der Waals surface area contributed by atoms with Gasteiger partial charge in [-0.15, -0.1) is 0 Å². The van der Waals surface area contributed by atoms with Gasteiger partial charge in [-0.3, -0.25) is 0 Å². The van der Waals surface area contributed by atoms with Gasteiger partial charge >= 0.3 is 0 Å². The molecule has 2 nitrogen and oxygen atoms in total. The van der Waals surface area contributed by atoms with E-state index >= 15 is 0 Å². The van der Waals surface area contributed by atoms with Crippen LogP contribution in [0.5, 0.6) is 0 Å². The lowest BCUT2D eigenvalue weighted by atomic mass is 10.4. The first-order valence-electron chi connectivity index (χ1n) is 3.15. The summed E-state index contributed by atoms with van der Waals surface area (Å²) in [4.78, 5) is 0.797. The third kappa shape index (κ3) is 1.24. The second kappa shape index (κ2) is 2.50. The van der Waals surface area contributed by atoms with Gasteiger partial charge in [0.05, 0.1) is 5.69 Å². The number of aromatic nitrogens is 2. The van der Waals surface area contributed by atoms with E-state index in [9.17, 15) is 0 Å². The Kier molecular flexibility index (Phi) is 1.85. The molecule has 0 fully saturated rings. The number of aryl methyl sites for hydroxylation is 2. The topological polar surface area (TPSA) is 17.8 Å². The summed E-state index contributed by atoms with van der Waals surface area (Å²) >= 11 is 4.96. The lowest BCUT2D eigenvalue weighted by molar-refractivity contribution is 0.890. The predicted molar refractivity (Wildman–Crippen MR) is 45.4 cm³/mol. The van der Waals surface area contributed by atoms with E-state index in [1.165, 1.54) is 0 Å². The van der Waals surface area contributed by atoms with Crippen molar-refractivity contribution in [3.8, 4) is 0 Å². The molecule has 0 unspecified atom stereocenters. The summed E-state index contributed by atoms with van der Waals surface area (Å²) in [7, 11) is 0. The van der Waals surface area contributed by atoms with Gasteiger partial charge in [0.15, 0.2) is 0 Å². The minimum Gasteiger partial charge on any atom is -0.231 e. The van der Waals surface area contributed by atoms with Crippen LogP contribution in [-0.2, 0) is 0 Å². The zero-order valence-electron chi connectivity index (χ0n) is 6.38. The van der Waals surface area contributed by atoms with Crippen LogP contribution in [0, 0.1) is 13.8 Å². The van der Waals surface area contributed by atoms with Crippen molar-refractivity contribution in [3.05, 3.63) is 17.5 Å². The summed E-state index contributed by atoms with van der Waals surface area (Å²) < 4.78 is 1.77. The summed E-state index contributed by atoms with van der Waals surface area (Å²) in [6.07, 6.45) is 0. The highest BCUT2D eigenvalue weighted by Gasteiger charge is 1.99. The van der Waals surface area contributed by atoms with Crippen LogP contribution in [0.4, 0.5) is 0 Å². The zero-order chi connectivity index (χ0) is 7.72. The van der Waals surface area contributed by atoms with E-state index in [0.29, 0.717) is 0 Å². The van der Waals surface area contributed by atoms with Crippen molar-refractivity contribution < 1.29 is 0 Å². The van der Waals surface area contributed by atoms with Crippen molar-refractivity contribution in [3.63, 3.8) is 0 Å². The third-order valence-corrected chi connectivity index (χ3v) is 1.48. The van der Waals surface area contributed by atoms with Crippen LogP contribution >= 0.6 is 12.2 Å². The quantitative estimate of drug-likeness (QED) is 0.529. The molecule has 0 saturated heterocycles. The highest BCUT2D eigenvalue weighted by Crippen LogP contribution is 2.00. The molecular formula is C7H10N2S. The standard InChI is InChI=1S/C7H10N2S/c1-5-4-6(2)9(8-5)7(3)10/h4H,1-3H3. The fourth-order valence-corrected chi connectivity index (χ4v) is 1.13. The second-order valence-corrected chi connectivity index (χ2v) is 2.95. The first-order valence-corrected chi connectivity index (χ1v) is 3.56. The first-order chi connectivity index (χ1) is 4.61. The van der Waals surface area contributed by atoms with Crippen LogP contribution in [-0.4, -0.2) is 14.8 Å². The van der Waals surface area contributed by atoms with E-state index in [0.717, 1.165) is 16.4 Å². The lowest BCUT2D eigenvalue weighted by Crippen LogP contribution is -2.07. The van der Waals surface area contributed by atoms with Gasteiger partial charge < -0.3 is 0 Å². The molecule has 1 rings (SSSR count). The molecular weight excluding hydrogens is 144 g/mol. The van der Waals surface area contributed by atoms with Crippen molar-refractivity contribution in [1.29, 1.82) is 0 Å². The van der Waals surface area contributed by atoms with Crippen molar-refractivity contribution in [1.82, 2.24) is 9.78 Å². The molecule has 0 atom stereocenters. The van der Waals surface area contributed by atoms with Crippen LogP contribution in [0.3, 0.4) is 0 Å². The Morgan fingerprint density at radius 1 is 1.60 bits per heavy atom. The van der Waals surface area contributed by atoms with Crippen LogP contribution in [0.15, 0.2) is 6.07 Å². The molecule has 1 aromatic heterocycles. The maximum atomic E-state index is 4.96. The molecule has 0 spiro atoms. The van der Waals surface area contributed by atoms with Gasteiger partial charge in [0, 0.05) is 5.69 Å². The summed E-state index contributed by atoms with van der Waals surface area (Å²) in [6.45, 7) is 5.83. The maximum Gasteiger partial charge on any atom is 0.102 e. The fraction of sp³-hybridized carbons (Fsp3) is 0.429.